The first-order valence-corrected chi connectivity index (χ1v) is 8.55. The second kappa shape index (κ2) is 6.24. The molecule has 0 unspecified atom stereocenters. The molecule has 0 N–H and O–H groups in total. The summed E-state index contributed by atoms with van der Waals surface area (Å²) >= 11 is 0. The largest absolute Gasteiger partial charge is 0.464 e. The second-order valence-corrected chi connectivity index (χ2v) is 6.77. The molecule has 1 saturated carbocycles. The Morgan fingerprint density at radius 2 is 2.04 bits per heavy atom. The normalized spacial score (nSPS) is 19.0. The smallest absolute Gasteiger partial charge is 0.272 e. The minimum Gasteiger partial charge on any atom is -0.464 e. The van der Waals surface area contributed by atoms with Crippen LogP contribution < -0.4 is 0 Å². The maximum atomic E-state index is 12.8. The molecule has 1 amide bonds. The summed E-state index contributed by atoms with van der Waals surface area (Å²) in [6, 6.07) is 13.7. The highest BCUT2D eigenvalue weighted by Gasteiger charge is 2.36. The van der Waals surface area contributed by atoms with Crippen LogP contribution in [0.5, 0.6) is 0 Å². The van der Waals surface area contributed by atoms with Crippen molar-refractivity contribution in [2.75, 3.05) is 7.05 Å². The van der Waals surface area contributed by atoms with Crippen LogP contribution >= 0.6 is 0 Å². The summed E-state index contributed by atoms with van der Waals surface area (Å²) in [4.78, 5) is 18.6. The zero-order valence-corrected chi connectivity index (χ0v) is 14.4. The van der Waals surface area contributed by atoms with Gasteiger partial charge in [0.05, 0.1) is 19.1 Å². The molecule has 1 aliphatic carbocycles. The predicted octanol–water partition coefficient (Wildman–Crippen LogP) is 3.86. The maximum Gasteiger partial charge on any atom is 0.272 e. The van der Waals surface area contributed by atoms with Crippen LogP contribution in [-0.4, -0.2) is 27.4 Å². The molecule has 25 heavy (non-hydrogen) atoms. The second-order valence-electron chi connectivity index (χ2n) is 6.77. The molecule has 0 aliphatic heterocycles. The lowest BCUT2D eigenvalue weighted by Gasteiger charge is -2.17. The zero-order valence-electron chi connectivity index (χ0n) is 14.4. The standard InChI is InChI=1S/C20H21N3O2/c1-14-10-17(14)19-9-8-16(25-19)12-22(2)20(24)18-11-21-13-23(18)15-6-4-3-5-7-15/h3-9,11,13-14,17H,10,12H2,1-2H3/t14-,17+/m1/s1. The Hall–Kier alpha value is -2.82. The number of carbonyl (C=O) groups excluding carboxylic acids is 1. The molecule has 1 fully saturated rings. The summed E-state index contributed by atoms with van der Waals surface area (Å²) in [6.07, 6.45) is 4.46. The van der Waals surface area contributed by atoms with E-state index in [-0.39, 0.29) is 5.91 Å². The Labute approximate surface area is 146 Å². The van der Waals surface area contributed by atoms with E-state index in [1.165, 1.54) is 6.42 Å². The third kappa shape index (κ3) is 3.09. The summed E-state index contributed by atoms with van der Waals surface area (Å²) in [6.45, 7) is 2.67. The van der Waals surface area contributed by atoms with Gasteiger partial charge in [-0.05, 0) is 36.6 Å². The van der Waals surface area contributed by atoms with E-state index in [0.29, 0.717) is 24.1 Å². The number of hydrogen-bond acceptors (Lipinski definition) is 3. The van der Waals surface area contributed by atoms with Gasteiger partial charge in [-0.1, -0.05) is 25.1 Å². The maximum absolute atomic E-state index is 12.8. The van der Waals surface area contributed by atoms with Gasteiger partial charge in [-0.25, -0.2) is 4.98 Å². The minimum absolute atomic E-state index is 0.0842. The number of rotatable bonds is 5. The Morgan fingerprint density at radius 1 is 1.28 bits per heavy atom. The van der Waals surface area contributed by atoms with Crippen LogP contribution in [0.15, 0.2) is 59.4 Å². The van der Waals surface area contributed by atoms with Crippen molar-refractivity contribution in [2.24, 2.45) is 5.92 Å². The van der Waals surface area contributed by atoms with Gasteiger partial charge in [0.2, 0.25) is 0 Å². The molecule has 0 saturated heterocycles. The first-order chi connectivity index (χ1) is 12.1. The van der Waals surface area contributed by atoms with Gasteiger partial charge in [-0.3, -0.25) is 9.36 Å². The van der Waals surface area contributed by atoms with E-state index in [4.69, 9.17) is 4.42 Å². The molecule has 0 bridgehead atoms. The molecule has 0 spiro atoms. The van der Waals surface area contributed by atoms with Gasteiger partial charge < -0.3 is 9.32 Å². The van der Waals surface area contributed by atoms with Crippen molar-refractivity contribution in [3.63, 3.8) is 0 Å². The van der Waals surface area contributed by atoms with Crippen molar-refractivity contribution in [1.82, 2.24) is 14.5 Å². The van der Waals surface area contributed by atoms with Crippen molar-refractivity contribution in [3.8, 4) is 5.69 Å². The fourth-order valence-corrected chi connectivity index (χ4v) is 3.15. The Bertz CT molecular complexity index is 881. The fraction of sp³-hybridized carbons (Fsp3) is 0.300. The van der Waals surface area contributed by atoms with Crippen LogP contribution in [0.4, 0.5) is 0 Å². The number of furan rings is 1. The average Bonchev–Trinajstić information content (AvgIpc) is 3.05. The highest BCUT2D eigenvalue weighted by molar-refractivity contribution is 5.92. The first-order valence-electron chi connectivity index (χ1n) is 8.55. The van der Waals surface area contributed by atoms with Crippen LogP contribution in [0.3, 0.4) is 0 Å². The van der Waals surface area contributed by atoms with Crippen LogP contribution in [0.2, 0.25) is 0 Å². The topological polar surface area (TPSA) is 51.3 Å². The number of nitrogens with zero attached hydrogens (tertiary/aromatic N) is 3. The zero-order chi connectivity index (χ0) is 17.4. The number of imidazole rings is 1. The van der Waals surface area contributed by atoms with E-state index in [9.17, 15) is 4.79 Å². The number of hydrogen-bond donors (Lipinski definition) is 0. The lowest BCUT2D eigenvalue weighted by Crippen LogP contribution is -2.27. The first kappa shape index (κ1) is 15.7. The summed E-state index contributed by atoms with van der Waals surface area (Å²) in [5, 5.41) is 0. The lowest BCUT2D eigenvalue weighted by molar-refractivity contribution is 0.0767. The third-order valence-electron chi connectivity index (χ3n) is 4.79. The third-order valence-corrected chi connectivity index (χ3v) is 4.79. The van der Waals surface area contributed by atoms with Gasteiger partial charge in [0, 0.05) is 18.7 Å². The molecule has 4 rings (SSSR count). The molecule has 1 aromatic carbocycles. The van der Waals surface area contributed by atoms with Crippen LogP contribution in [-0.2, 0) is 6.54 Å². The Morgan fingerprint density at radius 3 is 2.76 bits per heavy atom. The molecule has 2 atom stereocenters. The summed E-state index contributed by atoms with van der Waals surface area (Å²) in [5.41, 5.74) is 1.45. The Balaban J connectivity index is 1.49. The monoisotopic (exact) mass is 335 g/mol. The van der Waals surface area contributed by atoms with Crippen LogP contribution in [0.25, 0.3) is 5.69 Å². The average molecular weight is 335 g/mol. The van der Waals surface area contributed by atoms with E-state index in [2.05, 4.69) is 11.9 Å². The molecular formula is C20H21N3O2. The van der Waals surface area contributed by atoms with Crippen molar-refractivity contribution in [1.29, 1.82) is 0 Å². The Kier molecular flexibility index (Phi) is 3.92. The number of aromatic nitrogens is 2. The summed E-state index contributed by atoms with van der Waals surface area (Å²) in [5.74, 6) is 3.03. The fourth-order valence-electron chi connectivity index (χ4n) is 3.15. The molecular weight excluding hydrogens is 314 g/mol. The molecule has 5 heteroatoms. The number of amides is 1. The van der Waals surface area contributed by atoms with Crippen molar-refractivity contribution >= 4 is 5.91 Å². The predicted molar refractivity (Wildman–Crippen MR) is 94.6 cm³/mol. The van der Waals surface area contributed by atoms with E-state index in [1.807, 2.05) is 42.5 Å². The molecule has 0 radical (unpaired) electrons. The quantitative estimate of drug-likeness (QED) is 0.711. The molecule has 2 aromatic heterocycles. The SMILES string of the molecule is C[C@@H]1C[C@@H]1c1ccc(CN(C)C(=O)c2cncn2-c2ccccc2)o1. The number of benzene rings is 1. The molecule has 5 nitrogen and oxygen atoms in total. The van der Waals surface area contributed by atoms with Gasteiger partial charge in [0.15, 0.2) is 0 Å². The number of para-hydroxylation sites is 1. The lowest BCUT2D eigenvalue weighted by atomic mass is 10.3. The van der Waals surface area contributed by atoms with Gasteiger partial charge in [-0.15, -0.1) is 0 Å². The minimum atomic E-state index is -0.0842. The van der Waals surface area contributed by atoms with Crippen molar-refractivity contribution < 1.29 is 9.21 Å². The van der Waals surface area contributed by atoms with E-state index < -0.39 is 0 Å². The molecule has 1 aliphatic rings. The van der Waals surface area contributed by atoms with Crippen molar-refractivity contribution in [2.45, 2.75) is 25.8 Å². The molecule has 3 aromatic rings. The van der Waals surface area contributed by atoms with Gasteiger partial charge in [0.1, 0.15) is 17.2 Å². The molecule has 2 heterocycles. The van der Waals surface area contributed by atoms with E-state index in [0.717, 1.165) is 17.2 Å². The van der Waals surface area contributed by atoms with E-state index in [1.54, 1.807) is 29.0 Å². The van der Waals surface area contributed by atoms with Gasteiger partial charge >= 0.3 is 0 Å². The van der Waals surface area contributed by atoms with Crippen LogP contribution in [0.1, 0.15) is 41.3 Å². The van der Waals surface area contributed by atoms with Gasteiger partial charge in [0.25, 0.3) is 5.91 Å². The van der Waals surface area contributed by atoms with Crippen LogP contribution in [0, 0.1) is 5.92 Å². The highest BCUT2D eigenvalue weighted by atomic mass is 16.3. The number of carbonyl (C=O) groups is 1. The van der Waals surface area contributed by atoms with Gasteiger partial charge in [-0.2, -0.15) is 0 Å². The van der Waals surface area contributed by atoms with Crippen molar-refractivity contribution in [3.05, 3.63) is 72.2 Å². The highest BCUT2D eigenvalue weighted by Crippen LogP contribution is 2.47. The summed E-state index contributed by atoms with van der Waals surface area (Å²) in [7, 11) is 1.78. The molecule has 128 valence electrons. The summed E-state index contributed by atoms with van der Waals surface area (Å²) < 4.78 is 7.72. The van der Waals surface area contributed by atoms with E-state index >= 15 is 0 Å².